The lowest BCUT2D eigenvalue weighted by molar-refractivity contribution is -0.117. The van der Waals surface area contributed by atoms with E-state index in [0.29, 0.717) is 22.8 Å². The standard InChI is InChI=1S/C30H29N5O4S/c1-19-7-11-22(12-8-19)35(23-13-9-20(2)10-14-23)28(37)16-26-32-17-25(29(31)38)30(34-26)40-18-27(36)33-21-5-4-6-24(15-21)39-3/h4-15,17H,16,18H2,1-3H3,(H2,31,38)(H,33,36). The molecule has 204 valence electrons. The fraction of sp³-hybridized carbons (Fsp3) is 0.167. The zero-order valence-corrected chi connectivity index (χ0v) is 23.2. The van der Waals surface area contributed by atoms with Crippen molar-refractivity contribution in [3.8, 4) is 5.75 Å². The summed E-state index contributed by atoms with van der Waals surface area (Å²) in [6.45, 7) is 3.96. The lowest BCUT2D eigenvalue weighted by Crippen LogP contribution is -2.28. The number of aromatic nitrogens is 2. The molecule has 3 N–H and O–H groups in total. The van der Waals surface area contributed by atoms with Crippen molar-refractivity contribution in [1.29, 1.82) is 0 Å². The van der Waals surface area contributed by atoms with Crippen LogP contribution in [-0.2, 0) is 16.0 Å². The molecule has 0 aliphatic carbocycles. The second-order valence-corrected chi connectivity index (χ2v) is 9.98. The molecule has 3 aromatic carbocycles. The van der Waals surface area contributed by atoms with Gasteiger partial charge in [-0.3, -0.25) is 19.3 Å². The fourth-order valence-corrected chi connectivity index (χ4v) is 4.65. The van der Waals surface area contributed by atoms with E-state index < -0.39 is 5.91 Å². The summed E-state index contributed by atoms with van der Waals surface area (Å²) in [6, 6.07) is 22.2. The van der Waals surface area contributed by atoms with E-state index in [-0.39, 0.29) is 40.4 Å². The Morgan fingerprint density at radius 1 is 0.950 bits per heavy atom. The number of nitrogens with one attached hydrogen (secondary N) is 1. The fourth-order valence-electron chi connectivity index (χ4n) is 3.84. The third-order valence-corrected chi connectivity index (χ3v) is 6.90. The van der Waals surface area contributed by atoms with Crippen LogP contribution in [0.4, 0.5) is 17.1 Å². The number of amides is 3. The van der Waals surface area contributed by atoms with Crippen molar-refractivity contribution < 1.29 is 19.1 Å². The smallest absolute Gasteiger partial charge is 0.253 e. The van der Waals surface area contributed by atoms with E-state index in [2.05, 4.69) is 15.3 Å². The lowest BCUT2D eigenvalue weighted by Gasteiger charge is -2.23. The van der Waals surface area contributed by atoms with Crippen LogP contribution in [0.15, 0.2) is 84.0 Å². The first-order valence-corrected chi connectivity index (χ1v) is 13.4. The number of primary amides is 1. The first-order valence-electron chi connectivity index (χ1n) is 12.4. The molecule has 0 radical (unpaired) electrons. The van der Waals surface area contributed by atoms with E-state index in [4.69, 9.17) is 10.5 Å². The Labute approximate surface area is 236 Å². The maximum Gasteiger partial charge on any atom is 0.253 e. The minimum atomic E-state index is -0.727. The number of ether oxygens (including phenoxy) is 1. The van der Waals surface area contributed by atoms with Gasteiger partial charge in [0.15, 0.2) is 0 Å². The van der Waals surface area contributed by atoms with Gasteiger partial charge in [-0.2, -0.15) is 0 Å². The van der Waals surface area contributed by atoms with Crippen LogP contribution < -0.4 is 20.7 Å². The lowest BCUT2D eigenvalue weighted by atomic mass is 10.1. The van der Waals surface area contributed by atoms with Crippen LogP contribution in [0.5, 0.6) is 5.75 Å². The van der Waals surface area contributed by atoms with Crippen LogP contribution in [0.2, 0.25) is 0 Å². The molecule has 0 bridgehead atoms. The van der Waals surface area contributed by atoms with Gasteiger partial charge in [0.05, 0.1) is 24.8 Å². The quantitative estimate of drug-likeness (QED) is 0.212. The summed E-state index contributed by atoms with van der Waals surface area (Å²) in [4.78, 5) is 48.5. The minimum Gasteiger partial charge on any atom is -0.497 e. The third-order valence-electron chi connectivity index (χ3n) is 5.91. The van der Waals surface area contributed by atoms with E-state index in [1.165, 1.54) is 6.20 Å². The van der Waals surface area contributed by atoms with Crippen molar-refractivity contribution in [3.05, 3.63) is 102 Å². The van der Waals surface area contributed by atoms with Crippen molar-refractivity contribution in [3.63, 3.8) is 0 Å². The molecule has 0 atom stereocenters. The number of thioether (sulfide) groups is 1. The summed E-state index contributed by atoms with van der Waals surface area (Å²) in [5.41, 5.74) is 9.73. The Morgan fingerprint density at radius 2 is 1.57 bits per heavy atom. The highest BCUT2D eigenvalue weighted by atomic mass is 32.2. The molecule has 0 saturated carbocycles. The maximum absolute atomic E-state index is 13.6. The predicted molar refractivity (Wildman–Crippen MR) is 156 cm³/mol. The normalized spacial score (nSPS) is 10.6. The first-order chi connectivity index (χ1) is 19.2. The summed E-state index contributed by atoms with van der Waals surface area (Å²) < 4.78 is 5.18. The number of nitrogens with zero attached hydrogens (tertiary/aromatic N) is 3. The van der Waals surface area contributed by atoms with Crippen molar-refractivity contribution in [2.45, 2.75) is 25.3 Å². The second kappa shape index (κ2) is 12.9. The molecule has 0 unspecified atom stereocenters. The SMILES string of the molecule is COc1cccc(NC(=O)CSc2nc(CC(=O)N(c3ccc(C)cc3)c3ccc(C)cc3)ncc2C(N)=O)c1. The zero-order valence-electron chi connectivity index (χ0n) is 22.4. The van der Waals surface area contributed by atoms with Gasteiger partial charge in [-0.1, -0.05) is 53.2 Å². The Bertz CT molecular complexity index is 1480. The van der Waals surface area contributed by atoms with Gasteiger partial charge in [0.2, 0.25) is 11.8 Å². The molecular weight excluding hydrogens is 526 g/mol. The Kier molecular flexibility index (Phi) is 9.13. The van der Waals surface area contributed by atoms with Crippen molar-refractivity contribution in [2.75, 3.05) is 23.1 Å². The van der Waals surface area contributed by atoms with Gasteiger partial charge >= 0.3 is 0 Å². The van der Waals surface area contributed by atoms with Gasteiger partial charge in [0.25, 0.3) is 5.91 Å². The summed E-state index contributed by atoms with van der Waals surface area (Å²) in [7, 11) is 1.54. The third kappa shape index (κ3) is 7.23. The van der Waals surface area contributed by atoms with Crippen molar-refractivity contribution >= 4 is 46.5 Å². The Hall–Kier alpha value is -4.70. The highest BCUT2D eigenvalue weighted by molar-refractivity contribution is 8.00. The molecule has 4 rings (SSSR count). The van der Waals surface area contributed by atoms with Crippen molar-refractivity contribution in [1.82, 2.24) is 9.97 Å². The molecule has 1 heterocycles. The average molecular weight is 556 g/mol. The number of aryl methyl sites for hydroxylation is 2. The van der Waals surface area contributed by atoms with E-state index in [9.17, 15) is 14.4 Å². The maximum atomic E-state index is 13.6. The Morgan fingerprint density at radius 3 is 2.15 bits per heavy atom. The molecule has 40 heavy (non-hydrogen) atoms. The van der Waals surface area contributed by atoms with Gasteiger partial charge in [0.1, 0.15) is 16.6 Å². The molecule has 0 aliphatic rings. The van der Waals surface area contributed by atoms with E-state index in [1.807, 2.05) is 62.4 Å². The summed E-state index contributed by atoms with van der Waals surface area (Å²) in [5, 5.41) is 3.01. The van der Waals surface area contributed by atoms with Crippen LogP contribution in [0.1, 0.15) is 27.3 Å². The van der Waals surface area contributed by atoms with Crippen LogP contribution in [0.3, 0.4) is 0 Å². The molecule has 10 heteroatoms. The van der Waals surface area contributed by atoms with Gasteiger partial charge in [-0.05, 0) is 50.2 Å². The van der Waals surface area contributed by atoms with E-state index in [1.54, 1.807) is 36.3 Å². The first kappa shape index (κ1) is 28.3. The average Bonchev–Trinajstić information content (AvgIpc) is 2.94. The molecule has 3 amide bonds. The predicted octanol–water partition coefficient (Wildman–Crippen LogP) is 4.84. The van der Waals surface area contributed by atoms with E-state index >= 15 is 0 Å². The molecule has 0 aliphatic heterocycles. The number of methoxy groups -OCH3 is 1. The number of carbonyl (C=O) groups is 3. The van der Waals surface area contributed by atoms with E-state index in [0.717, 1.165) is 22.9 Å². The van der Waals surface area contributed by atoms with Gasteiger partial charge < -0.3 is 15.8 Å². The number of carbonyl (C=O) groups excluding carboxylic acids is 3. The number of nitrogens with two attached hydrogens (primary N) is 1. The summed E-state index contributed by atoms with van der Waals surface area (Å²) in [5.74, 6) is -0.525. The zero-order chi connectivity index (χ0) is 28.6. The Balaban J connectivity index is 1.54. The molecule has 4 aromatic rings. The number of benzene rings is 3. The monoisotopic (exact) mass is 555 g/mol. The number of hydrogen-bond donors (Lipinski definition) is 2. The molecule has 9 nitrogen and oxygen atoms in total. The number of rotatable bonds is 10. The summed E-state index contributed by atoms with van der Waals surface area (Å²) in [6.07, 6.45) is 1.16. The second-order valence-electron chi connectivity index (χ2n) is 9.02. The topological polar surface area (TPSA) is 128 Å². The molecule has 0 fully saturated rings. The number of anilines is 3. The molecule has 0 spiro atoms. The summed E-state index contributed by atoms with van der Waals surface area (Å²) >= 11 is 1.04. The highest BCUT2D eigenvalue weighted by Crippen LogP contribution is 2.28. The van der Waals surface area contributed by atoms with Gasteiger partial charge in [-0.15, -0.1) is 0 Å². The highest BCUT2D eigenvalue weighted by Gasteiger charge is 2.21. The van der Waals surface area contributed by atoms with Crippen LogP contribution in [-0.4, -0.2) is 40.6 Å². The molecule has 0 saturated heterocycles. The van der Waals surface area contributed by atoms with Gasteiger partial charge in [0, 0.05) is 29.3 Å². The number of hydrogen-bond acceptors (Lipinski definition) is 7. The largest absolute Gasteiger partial charge is 0.497 e. The minimum absolute atomic E-state index is 0.0409. The van der Waals surface area contributed by atoms with Crippen LogP contribution in [0.25, 0.3) is 0 Å². The molecular formula is C30H29N5O4S. The molecule has 1 aromatic heterocycles. The van der Waals surface area contributed by atoms with Crippen LogP contribution in [0, 0.1) is 13.8 Å². The van der Waals surface area contributed by atoms with Crippen molar-refractivity contribution in [2.24, 2.45) is 5.73 Å². The van der Waals surface area contributed by atoms with Gasteiger partial charge in [-0.25, -0.2) is 9.97 Å². The van der Waals surface area contributed by atoms with Crippen LogP contribution >= 0.6 is 11.8 Å².